The van der Waals surface area contributed by atoms with Crippen LogP contribution in [0.15, 0.2) is 0 Å². The van der Waals surface area contributed by atoms with E-state index in [1.54, 1.807) is 0 Å². The van der Waals surface area contributed by atoms with Gasteiger partial charge in [0.05, 0.1) is 6.04 Å². The first-order valence-corrected chi connectivity index (χ1v) is 5.22. The van der Waals surface area contributed by atoms with E-state index >= 15 is 0 Å². The van der Waals surface area contributed by atoms with Crippen LogP contribution in [0.3, 0.4) is 0 Å². The SMILES string of the molecule is CC(NC1CC2CCC1C2)C(N)=O. The minimum atomic E-state index is -0.234. The van der Waals surface area contributed by atoms with E-state index in [1.165, 1.54) is 25.7 Å². The molecule has 4 atom stereocenters. The Bertz CT molecular complexity index is 217. The second kappa shape index (κ2) is 3.29. The Kier molecular flexibility index (Phi) is 2.28. The van der Waals surface area contributed by atoms with Gasteiger partial charge in [-0.25, -0.2) is 0 Å². The standard InChI is InChI=1S/C10H18N2O/c1-6(10(11)13)12-9-5-7-2-3-8(9)4-7/h6-9,12H,2-5H2,1H3,(H2,11,13). The quantitative estimate of drug-likeness (QED) is 0.673. The lowest BCUT2D eigenvalue weighted by atomic mass is 9.95. The summed E-state index contributed by atoms with van der Waals surface area (Å²) >= 11 is 0. The highest BCUT2D eigenvalue weighted by molar-refractivity contribution is 5.79. The molecular weight excluding hydrogens is 164 g/mol. The number of amides is 1. The average Bonchev–Trinajstić information content (AvgIpc) is 2.64. The first-order chi connectivity index (χ1) is 6.16. The van der Waals surface area contributed by atoms with Gasteiger partial charge in [-0.15, -0.1) is 0 Å². The zero-order valence-electron chi connectivity index (χ0n) is 8.12. The van der Waals surface area contributed by atoms with E-state index < -0.39 is 0 Å². The van der Waals surface area contributed by atoms with Gasteiger partial charge in [-0.1, -0.05) is 6.42 Å². The molecule has 2 saturated carbocycles. The summed E-state index contributed by atoms with van der Waals surface area (Å²) in [6, 6.07) is 0.394. The number of rotatable bonds is 3. The van der Waals surface area contributed by atoms with Crippen LogP contribution in [-0.2, 0) is 4.79 Å². The highest BCUT2D eigenvalue weighted by Gasteiger charge is 2.39. The van der Waals surface area contributed by atoms with Crippen LogP contribution in [0.4, 0.5) is 0 Å². The van der Waals surface area contributed by atoms with Crippen LogP contribution in [-0.4, -0.2) is 18.0 Å². The number of nitrogens with one attached hydrogen (secondary N) is 1. The summed E-state index contributed by atoms with van der Waals surface area (Å²) in [6.07, 6.45) is 5.35. The Hall–Kier alpha value is -0.570. The molecule has 1 amide bonds. The fourth-order valence-corrected chi connectivity index (χ4v) is 2.85. The van der Waals surface area contributed by atoms with Crippen molar-refractivity contribution in [2.45, 2.75) is 44.7 Å². The highest BCUT2D eigenvalue weighted by Crippen LogP contribution is 2.44. The van der Waals surface area contributed by atoms with Gasteiger partial charge in [-0.3, -0.25) is 4.79 Å². The van der Waals surface area contributed by atoms with Gasteiger partial charge in [0.25, 0.3) is 0 Å². The molecule has 4 unspecified atom stereocenters. The maximum absolute atomic E-state index is 10.9. The molecule has 2 rings (SSSR count). The van der Waals surface area contributed by atoms with Gasteiger partial charge in [0.2, 0.25) is 5.91 Å². The molecule has 0 radical (unpaired) electrons. The summed E-state index contributed by atoms with van der Waals surface area (Å²) in [6.45, 7) is 1.86. The largest absolute Gasteiger partial charge is 0.368 e. The van der Waals surface area contributed by atoms with Gasteiger partial charge in [-0.05, 0) is 38.0 Å². The second-order valence-electron chi connectivity index (χ2n) is 4.57. The fraction of sp³-hybridized carbons (Fsp3) is 0.900. The summed E-state index contributed by atoms with van der Waals surface area (Å²) in [7, 11) is 0. The number of carbonyl (C=O) groups excluding carboxylic acids is 1. The first-order valence-electron chi connectivity index (χ1n) is 5.22. The van der Waals surface area contributed by atoms with Gasteiger partial charge in [-0.2, -0.15) is 0 Å². The van der Waals surface area contributed by atoms with Crippen LogP contribution in [0.25, 0.3) is 0 Å². The van der Waals surface area contributed by atoms with Crippen molar-refractivity contribution in [3.8, 4) is 0 Å². The van der Waals surface area contributed by atoms with E-state index in [2.05, 4.69) is 5.32 Å². The minimum Gasteiger partial charge on any atom is -0.368 e. The van der Waals surface area contributed by atoms with E-state index in [4.69, 9.17) is 5.73 Å². The second-order valence-corrected chi connectivity index (χ2v) is 4.57. The molecule has 0 aromatic carbocycles. The lowest BCUT2D eigenvalue weighted by Gasteiger charge is -2.25. The molecule has 2 fully saturated rings. The molecule has 0 aromatic heterocycles. The van der Waals surface area contributed by atoms with Gasteiger partial charge >= 0.3 is 0 Å². The van der Waals surface area contributed by atoms with Crippen molar-refractivity contribution in [1.82, 2.24) is 5.32 Å². The molecule has 0 heterocycles. The molecule has 3 nitrogen and oxygen atoms in total. The van der Waals surface area contributed by atoms with Crippen molar-refractivity contribution < 1.29 is 4.79 Å². The molecule has 2 aliphatic rings. The molecule has 3 heteroatoms. The Balaban J connectivity index is 1.86. The number of hydrogen-bond donors (Lipinski definition) is 2. The normalized spacial score (nSPS) is 39.3. The number of fused-ring (bicyclic) bond motifs is 2. The molecule has 0 aromatic rings. The number of primary amides is 1. The third-order valence-electron chi connectivity index (χ3n) is 3.63. The summed E-state index contributed by atoms with van der Waals surface area (Å²) in [5.41, 5.74) is 5.21. The molecule has 2 aliphatic carbocycles. The third-order valence-corrected chi connectivity index (χ3v) is 3.63. The Morgan fingerprint density at radius 3 is 2.69 bits per heavy atom. The maximum Gasteiger partial charge on any atom is 0.234 e. The Morgan fingerprint density at radius 1 is 1.46 bits per heavy atom. The van der Waals surface area contributed by atoms with Crippen LogP contribution >= 0.6 is 0 Å². The molecule has 3 N–H and O–H groups in total. The van der Waals surface area contributed by atoms with E-state index in [1.807, 2.05) is 6.92 Å². The number of nitrogens with two attached hydrogens (primary N) is 1. The predicted octanol–water partition coefficient (Wildman–Crippen LogP) is 0.638. The zero-order valence-corrected chi connectivity index (χ0v) is 8.12. The van der Waals surface area contributed by atoms with Gasteiger partial charge in [0.1, 0.15) is 0 Å². The summed E-state index contributed by atoms with van der Waals surface area (Å²) in [4.78, 5) is 10.9. The van der Waals surface area contributed by atoms with Crippen molar-refractivity contribution in [2.75, 3.05) is 0 Å². The van der Waals surface area contributed by atoms with Crippen LogP contribution < -0.4 is 11.1 Å². The van der Waals surface area contributed by atoms with Crippen molar-refractivity contribution >= 4 is 5.91 Å². The van der Waals surface area contributed by atoms with Crippen LogP contribution in [0.2, 0.25) is 0 Å². The third kappa shape index (κ3) is 1.70. The van der Waals surface area contributed by atoms with Crippen molar-refractivity contribution in [2.24, 2.45) is 17.6 Å². The number of carbonyl (C=O) groups is 1. The van der Waals surface area contributed by atoms with Crippen LogP contribution in [0, 0.1) is 11.8 Å². The smallest absolute Gasteiger partial charge is 0.234 e. The highest BCUT2D eigenvalue weighted by atomic mass is 16.1. The number of hydrogen-bond acceptors (Lipinski definition) is 2. The van der Waals surface area contributed by atoms with Crippen molar-refractivity contribution in [1.29, 1.82) is 0 Å². The lowest BCUT2D eigenvalue weighted by Crippen LogP contribution is -2.46. The summed E-state index contributed by atoms with van der Waals surface area (Å²) in [5, 5.41) is 3.34. The van der Waals surface area contributed by atoms with Gasteiger partial charge < -0.3 is 11.1 Å². The Morgan fingerprint density at radius 2 is 2.23 bits per heavy atom. The van der Waals surface area contributed by atoms with E-state index in [9.17, 15) is 4.79 Å². The fourth-order valence-electron chi connectivity index (χ4n) is 2.85. The van der Waals surface area contributed by atoms with Crippen LogP contribution in [0.1, 0.15) is 32.6 Å². The van der Waals surface area contributed by atoms with Crippen molar-refractivity contribution in [3.63, 3.8) is 0 Å². The molecule has 0 spiro atoms. The van der Waals surface area contributed by atoms with E-state index in [-0.39, 0.29) is 11.9 Å². The summed E-state index contributed by atoms with van der Waals surface area (Å²) in [5.74, 6) is 1.50. The molecular formula is C10H18N2O. The molecule has 13 heavy (non-hydrogen) atoms. The van der Waals surface area contributed by atoms with Gasteiger partial charge in [0.15, 0.2) is 0 Å². The first kappa shape index (κ1) is 9.00. The average molecular weight is 182 g/mol. The monoisotopic (exact) mass is 182 g/mol. The zero-order chi connectivity index (χ0) is 9.42. The summed E-state index contributed by atoms with van der Waals surface area (Å²) < 4.78 is 0. The van der Waals surface area contributed by atoms with E-state index in [0.717, 1.165) is 11.8 Å². The van der Waals surface area contributed by atoms with E-state index in [0.29, 0.717) is 6.04 Å². The molecule has 0 saturated heterocycles. The molecule has 0 aliphatic heterocycles. The topological polar surface area (TPSA) is 55.1 Å². The Labute approximate surface area is 79.1 Å². The molecule has 2 bridgehead atoms. The predicted molar refractivity (Wildman–Crippen MR) is 51.0 cm³/mol. The van der Waals surface area contributed by atoms with Crippen LogP contribution in [0.5, 0.6) is 0 Å². The molecule has 74 valence electrons. The lowest BCUT2D eigenvalue weighted by molar-refractivity contribution is -0.119. The van der Waals surface area contributed by atoms with Crippen molar-refractivity contribution in [3.05, 3.63) is 0 Å². The van der Waals surface area contributed by atoms with Gasteiger partial charge in [0, 0.05) is 6.04 Å². The maximum atomic E-state index is 10.9. The minimum absolute atomic E-state index is 0.163.